The van der Waals surface area contributed by atoms with Crippen LogP contribution in [0.1, 0.15) is 91.9 Å². The van der Waals surface area contributed by atoms with Crippen LogP contribution in [0.25, 0.3) is 0 Å². The number of fused-ring (bicyclic) bond motifs is 4. The quantitative estimate of drug-likeness (QED) is 0.285. The minimum absolute atomic E-state index is 0.269. The molecule has 3 aliphatic rings. The van der Waals surface area contributed by atoms with Crippen LogP contribution in [0.5, 0.6) is 11.5 Å². The number of benzene rings is 2. The van der Waals surface area contributed by atoms with Gasteiger partial charge < -0.3 is 14.4 Å². The lowest BCUT2D eigenvalue weighted by Gasteiger charge is -2.49. The molecule has 0 spiro atoms. The minimum atomic E-state index is 0.269. The van der Waals surface area contributed by atoms with E-state index in [1.165, 1.54) is 61.0 Å². The average Bonchev–Trinajstić information content (AvgIpc) is 2.96. The van der Waals surface area contributed by atoms with E-state index in [2.05, 4.69) is 68.7 Å². The highest BCUT2D eigenvalue weighted by molar-refractivity contribution is 8.22. The fraction of sp³-hybridized carbons (Fsp3) is 0.629. The summed E-state index contributed by atoms with van der Waals surface area (Å²) in [5, 5.41) is 0. The normalized spacial score (nSPS) is 24.0. The van der Waals surface area contributed by atoms with Gasteiger partial charge in [0, 0.05) is 31.4 Å². The highest BCUT2D eigenvalue weighted by atomic mass is 32.2. The summed E-state index contributed by atoms with van der Waals surface area (Å²) < 4.78 is 12.6. The maximum atomic E-state index is 6.16. The number of thiocarbonyl (C=S) groups is 1. The smallest absolute Gasteiger partial charge is 0.161 e. The van der Waals surface area contributed by atoms with E-state index in [9.17, 15) is 0 Å². The van der Waals surface area contributed by atoms with Crippen LogP contribution in [0.15, 0.2) is 24.3 Å². The standard InChI is InChI=1S/C35H50N2O2S2/c1-8-25-21-36-12-9-26-15-23(4)24(5)16-29(26)31(36)17-28(25)18-32-30-20-34(39-7)33(38-6)19-27(30)10-13-37(32)35(40)41-14-11-22(2)3/h15-16,19-20,22,25,28,31-32H,8-14,17-18,21H2,1-7H3. The third-order valence-electron chi connectivity index (χ3n) is 10.1. The summed E-state index contributed by atoms with van der Waals surface area (Å²) in [7, 11) is 3.49. The van der Waals surface area contributed by atoms with Gasteiger partial charge in [-0.15, -0.1) is 0 Å². The molecule has 2 aromatic carbocycles. The van der Waals surface area contributed by atoms with Crippen molar-refractivity contribution in [1.82, 2.24) is 9.80 Å². The summed E-state index contributed by atoms with van der Waals surface area (Å²) in [6, 6.07) is 10.2. The zero-order chi connectivity index (χ0) is 29.3. The van der Waals surface area contributed by atoms with Crippen LogP contribution in [0.4, 0.5) is 0 Å². The molecule has 5 rings (SSSR count). The summed E-state index contributed by atoms with van der Waals surface area (Å²) >= 11 is 8.04. The van der Waals surface area contributed by atoms with E-state index in [1.54, 1.807) is 25.3 Å². The van der Waals surface area contributed by atoms with Crippen molar-refractivity contribution in [2.45, 2.75) is 85.2 Å². The number of thioether (sulfide) groups is 1. The highest BCUT2D eigenvalue weighted by Gasteiger charge is 2.41. The van der Waals surface area contributed by atoms with Crippen LogP contribution in [0, 0.1) is 31.6 Å². The van der Waals surface area contributed by atoms with Crippen LogP contribution >= 0.6 is 24.0 Å². The van der Waals surface area contributed by atoms with Crippen molar-refractivity contribution in [3.8, 4) is 11.5 Å². The number of rotatable bonds is 8. The van der Waals surface area contributed by atoms with Gasteiger partial charge in [-0.05, 0) is 109 Å². The second-order valence-corrected chi connectivity index (χ2v) is 14.7. The Balaban J connectivity index is 1.47. The van der Waals surface area contributed by atoms with Gasteiger partial charge in [-0.25, -0.2) is 0 Å². The molecule has 0 radical (unpaired) electrons. The molecule has 4 nitrogen and oxygen atoms in total. The first-order chi connectivity index (χ1) is 19.7. The number of nitrogens with zero attached hydrogens (tertiary/aromatic N) is 2. The molecule has 2 aromatic rings. The van der Waals surface area contributed by atoms with Gasteiger partial charge in [0.2, 0.25) is 0 Å². The first kappa shape index (κ1) is 30.7. The Kier molecular flexibility index (Phi) is 9.93. The Hall–Kier alpha value is -1.76. The lowest BCUT2D eigenvalue weighted by molar-refractivity contribution is 0.0382. The molecule has 4 atom stereocenters. The molecule has 6 heteroatoms. The van der Waals surface area contributed by atoms with Gasteiger partial charge in [-0.3, -0.25) is 4.90 Å². The predicted molar refractivity (Wildman–Crippen MR) is 178 cm³/mol. The second kappa shape index (κ2) is 13.3. The molecule has 224 valence electrons. The topological polar surface area (TPSA) is 24.9 Å². The number of ether oxygens (including phenoxy) is 2. The minimum Gasteiger partial charge on any atom is -0.493 e. The van der Waals surface area contributed by atoms with Crippen molar-refractivity contribution >= 4 is 28.3 Å². The van der Waals surface area contributed by atoms with Gasteiger partial charge in [0.1, 0.15) is 4.32 Å². The molecule has 0 bridgehead atoms. The van der Waals surface area contributed by atoms with Crippen LogP contribution in [-0.2, 0) is 12.8 Å². The number of piperidine rings is 1. The van der Waals surface area contributed by atoms with Crippen molar-refractivity contribution in [3.05, 3.63) is 57.6 Å². The van der Waals surface area contributed by atoms with Gasteiger partial charge in [-0.2, -0.15) is 0 Å². The molecule has 0 aromatic heterocycles. The molecule has 1 saturated heterocycles. The molecule has 4 unspecified atom stereocenters. The zero-order valence-corrected chi connectivity index (χ0v) is 27.9. The first-order valence-corrected chi connectivity index (χ1v) is 17.2. The lowest BCUT2D eigenvalue weighted by atomic mass is 9.72. The van der Waals surface area contributed by atoms with E-state index in [-0.39, 0.29) is 6.04 Å². The summed E-state index contributed by atoms with van der Waals surface area (Å²) in [5.41, 5.74) is 8.79. The van der Waals surface area contributed by atoms with Crippen molar-refractivity contribution in [1.29, 1.82) is 0 Å². The molecule has 0 N–H and O–H groups in total. The van der Waals surface area contributed by atoms with Crippen molar-refractivity contribution in [3.63, 3.8) is 0 Å². The van der Waals surface area contributed by atoms with Gasteiger partial charge in [0.25, 0.3) is 0 Å². The fourth-order valence-electron chi connectivity index (χ4n) is 7.47. The number of aryl methyl sites for hydroxylation is 2. The summed E-state index contributed by atoms with van der Waals surface area (Å²) in [6.07, 6.45) is 6.96. The zero-order valence-electron chi connectivity index (χ0n) is 26.3. The van der Waals surface area contributed by atoms with E-state index in [0.717, 1.165) is 41.0 Å². The van der Waals surface area contributed by atoms with E-state index in [0.29, 0.717) is 23.8 Å². The van der Waals surface area contributed by atoms with Crippen molar-refractivity contribution in [2.24, 2.45) is 17.8 Å². The Morgan fingerprint density at radius 3 is 2.34 bits per heavy atom. The van der Waals surface area contributed by atoms with E-state index in [1.807, 2.05) is 11.8 Å². The largest absolute Gasteiger partial charge is 0.493 e. The van der Waals surface area contributed by atoms with Crippen molar-refractivity contribution in [2.75, 3.05) is 39.6 Å². The molecule has 0 aliphatic carbocycles. The molecule has 3 aliphatic heterocycles. The van der Waals surface area contributed by atoms with Crippen LogP contribution in [0.3, 0.4) is 0 Å². The Morgan fingerprint density at radius 2 is 1.63 bits per heavy atom. The average molecular weight is 595 g/mol. The van der Waals surface area contributed by atoms with Gasteiger partial charge in [-0.1, -0.05) is 63.3 Å². The molecule has 0 amide bonds. The molecule has 3 heterocycles. The Labute approximate surface area is 258 Å². The van der Waals surface area contributed by atoms with Crippen molar-refractivity contribution < 1.29 is 9.47 Å². The van der Waals surface area contributed by atoms with E-state index in [4.69, 9.17) is 21.7 Å². The first-order valence-electron chi connectivity index (χ1n) is 15.8. The van der Waals surface area contributed by atoms with Gasteiger partial charge in [0.15, 0.2) is 11.5 Å². The molecular weight excluding hydrogens is 545 g/mol. The lowest BCUT2D eigenvalue weighted by Crippen LogP contribution is -2.47. The molecule has 0 saturated carbocycles. The predicted octanol–water partition coefficient (Wildman–Crippen LogP) is 8.32. The molecule has 41 heavy (non-hydrogen) atoms. The third kappa shape index (κ3) is 6.45. The van der Waals surface area contributed by atoms with E-state index >= 15 is 0 Å². The summed E-state index contributed by atoms with van der Waals surface area (Å²) in [5.74, 6) is 4.78. The number of hydrogen-bond donors (Lipinski definition) is 0. The van der Waals surface area contributed by atoms with Crippen LogP contribution in [0.2, 0.25) is 0 Å². The maximum absolute atomic E-state index is 6.16. The summed E-state index contributed by atoms with van der Waals surface area (Å²) in [6.45, 7) is 14.9. The molecular formula is C35H50N2O2S2. The molecule has 1 fully saturated rings. The van der Waals surface area contributed by atoms with E-state index < -0.39 is 0 Å². The maximum Gasteiger partial charge on any atom is 0.161 e. The Bertz CT molecular complexity index is 1250. The number of methoxy groups -OCH3 is 2. The highest BCUT2D eigenvalue weighted by Crippen LogP contribution is 2.48. The number of hydrogen-bond acceptors (Lipinski definition) is 5. The van der Waals surface area contributed by atoms with Gasteiger partial charge in [0.05, 0.1) is 20.3 Å². The van der Waals surface area contributed by atoms with Gasteiger partial charge >= 0.3 is 0 Å². The fourth-order valence-corrected chi connectivity index (χ4v) is 9.09. The monoisotopic (exact) mass is 594 g/mol. The Morgan fingerprint density at radius 1 is 0.951 bits per heavy atom. The SMILES string of the molecule is CCC1CN2CCc3cc(C)c(C)cc3C2CC1CC1c2cc(OC)c(OC)cc2CCN1C(=S)SCCC(C)C. The second-order valence-electron chi connectivity index (χ2n) is 13.0. The third-order valence-corrected chi connectivity index (χ3v) is 11.6. The van der Waals surface area contributed by atoms with Crippen LogP contribution < -0.4 is 9.47 Å². The van der Waals surface area contributed by atoms with Crippen LogP contribution in [-0.4, -0.2) is 53.7 Å². The summed E-state index contributed by atoms with van der Waals surface area (Å²) in [4.78, 5) is 5.37.